The van der Waals surface area contributed by atoms with Crippen molar-refractivity contribution < 1.29 is 0 Å². The van der Waals surface area contributed by atoms with Gasteiger partial charge in [-0.15, -0.1) is 0 Å². The average Bonchev–Trinajstić information content (AvgIpc) is 3.07. The summed E-state index contributed by atoms with van der Waals surface area (Å²) in [5.74, 6) is 0. The number of aromatic nitrogens is 6. The van der Waals surface area contributed by atoms with Crippen LogP contribution in [0.15, 0.2) is 30.7 Å². The summed E-state index contributed by atoms with van der Waals surface area (Å²) in [4.78, 5) is 8.81. The molecule has 6 nitrogen and oxygen atoms in total. The fourth-order valence-corrected chi connectivity index (χ4v) is 2.30. The number of halogens is 1. The molecular formula is C12H7ClN6. The zero-order valence-corrected chi connectivity index (χ0v) is 10.3. The highest BCUT2D eigenvalue weighted by Gasteiger charge is 2.11. The molecule has 0 spiro atoms. The Hall–Kier alpha value is -2.47. The number of hydrogen-bond acceptors (Lipinski definition) is 4. The maximum atomic E-state index is 6.11. The lowest BCUT2D eigenvalue weighted by Gasteiger charge is -2.03. The Bertz CT molecular complexity index is 893. The molecule has 0 atom stereocenters. The highest BCUT2D eigenvalue weighted by Crippen LogP contribution is 2.30. The van der Waals surface area contributed by atoms with Crippen molar-refractivity contribution in [3.63, 3.8) is 0 Å². The van der Waals surface area contributed by atoms with Gasteiger partial charge < -0.3 is 0 Å². The average molecular weight is 271 g/mol. The number of benzene rings is 1. The lowest BCUT2D eigenvalue weighted by molar-refractivity contribution is 1.10. The van der Waals surface area contributed by atoms with Gasteiger partial charge in [-0.05, 0) is 6.07 Å². The van der Waals surface area contributed by atoms with Crippen LogP contribution in [0.5, 0.6) is 0 Å². The van der Waals surface area contributed by atoms with E-state index in [9.17, 15) is 0 Å². The minimum absolute atomic E-state index is 0.633. The van der Waals surface area contributed by atoms with Crippen LogP contribution in [0.1, 0.15) is 0 Å². The smallest absolute Gasteiger partial charge is 0.174 e. The fraction of sp³-hybridized carbons (Fsp3) is 0. The van der Waals surface area contributed by atoms with Gasteiger partial charge in [-0.1, -0.05) is 17.7 Å². The van der Waals surface area contributed by atoms with E-state index in [-0.39, 0.29) is 0 Å². The van der Waals surface area contributed by atoms with Crippen molar-refractivity contribution in [1.29, 1.82) is 0 Å². The molecule has 0 aliphatic rings. The number of fused-ring (bicyclic) bond motifs is 2. The molecule has 3 aromatic heterocycles. The summed E-state index contributed by atoms with van der Waals surface area (Å²) < 4.78 is 0. The Morgan fingerprint density at radius 2 is 1.89 bits per heavy atom. The molecule has 4 rings (SSSR count). The number of nitrogens with zero attached hydrogens (tertiary/aromatic N) is 4. The standard InChI is InChI=1S/C12H7ClN6/c13-8-2-1-6(7-3-15-18-11(7)8)9-4-14-12-10(17-9)5-16-19-12/h1-5H,(H,15,18)(H,14,16,19). The van der Waals surface area contributed by atoms with E-state index in [0.29, 0.717) is 10.7 Å². The van der Waals surface area contributed by atoms with E-state index < -0.39 is 0 Å². The van der Waals surface area contributed by atoms with Crippen molar-refractivity contribution in [1.82, 2.24) is 30.4 Å². The predicted molar refractivity (Wildman–Crippen MR) is 71.8 cm³/mol. The third-order valence-corrected chi connectivity index (χ3v) is 3.31. The minimum atomic E-state index is 0.633. The van der Waals surface area contributed by atoms with Crippen molar-refractivity contribution >= 4 is 33.7 Å². The molecule has 1 aromatic carbocycles. The largest absolute Gasteiger partial charge is 0.276 e. The Morgan fingerprint density at radius 1 is 1.00 bits per heavy atom. The number of H-pyrrole nitrogens is 2. The third kappa shape index (κ3) is 1.50. The zero-order chi connectivity index (χ0) is 12.8. The first-order valence-electron chi connectivity index (χ1n) is 5.61. The minimum Gasteiger partial charge on any atom is -0.276 e. The summed E-state index contributed by atoms with van der Waals surface area (Å²) in [6.45, 7) is 0. The van der Waals surface area contributed by atoms with E-state index in [1.807, 2.05) is 12.1 Å². The van der Waals surface area contributed by atoms with Crippen LogP contribution < -0.4 is 0 Å². The first-order valence-corrected chi connectivity index (χ1v) is 5.99. The zero-order valence-electron chi connectivity index (χ0n) is 9.55. The molecule has 0 bridgehead atoms. The van der Waals surface area contributed by atoms with Crippen molar-refractivity contribution in [3.05, 3.63) is 35.7 Å². The first kappa shape index (κ1) is 10.5. The van der Waals surface area contributed by atoms with Crippen LogP contribution in [0.2, 0.25) is 5.02 Å². The van der Waals surface area contributed by atoms with Gasteiger partial charge in [0.1, 0.15) is 5.52 Å². The third-order valence-electron chi connectivity index (χ3n) is 3.00. The maximum Gasteiger partial charge on any atom is 0.174 e. The van der Waals surface area contributed by atoms with Crippen molar-refractivity contribution in [2.24, 2.45) is 0 Å². The van der Waals surface area contributed by atoms with E-state index >= 15 is 0 Å². The van der Waals surface area contributed by atoms with E-state index in [1.165, 1.54) is 0 Å². The van der Waals surface area contributed by atoms with Crippen LogP contribution in [0.3, 0.4) is 0 Å². The van der Waals surface area contributed by atoms with Crippen LogP contribution in [-0.4, -0.2) is 30.4 Å². The molecule has 7 heteroatoms. The summed E-state index contributed by atoms with van der Waals surface area (Å²) in [6, 6.07) is 3.73. The summed E-state index contributed by atoms with van der Waals surface area (Å²) >= 11 is 6.11. The molecule has 2 N–H and O–H groups in total. The van der Waals surface area contributed by atoms with Crippen LogP contribution in [0, 0.1) is 0 Å². The second-order valence-electron chi connectivity index (χ2n) is 4.11. The normalized spacial score (nSPS) is 11.4. The SMILES string of the molecule is Clc1ccc(-c2cnc3[nH]ncc3n2)c2cn[nH]c12. The van der Waals surface area contributed by atoms with Gasteiger partial charge in [0.2, 0.25) is 0 Å². The number of rotatable bonds is 1. The van der Waals surface area contributed by atoms with Crippen LogP contribution >= 0.6 is 11.6 Å². The maximum absolute atomic E-state index is 6.11. The quantitative estimate of drug-likeness (QED) is 0.557. The molecule has 3 heterocycles. The molecule has 0 saturated carbocycles. The van der Waals surface area contributed by atoms with Crippen LogP contribution in [0.25, 0.3) is 33.3 Å². The number of hydrogen-bond donors (Lipinski definition) is 2. The summed E-state index contributed by atoms with van der Waals surface area (Å²) in [6.07, 6.45) is 5.09. The number of nitrogens with one attached hydrogen (secondary N) is 2. The molecule has 0 amide bonds. The van der Waals surface area contributed by atoms with Gasteiger partial charge in [0.15, 0.2) is 5.65 Å². The second kappa shape index (κ2) is 3.76. The molecule has 0 fully saturated rings. The molecular weight excluding hydrogens is 264 g/mol. The van der Waals surface area contributed by atoms with Crippen LogP contribution in [-0.2, 0) is 0 Å². The first-order chi connectivity index (χ1) is 9.33. The van der Waals surface area contributed by atoms with Crippen molar-refractivity contribution in [3.8, 4) is 11.3 Å². The van der Waals surface area contributed by atoms with Gasteiger partial charge >= 0.3 is 0 Å². The molecule has 19 heavy (non-hydrogen) atoms. The summed E-state index contributed by atoms with van der Waals surface area (Å²) in [7, 11) is 0. The summed E-state index contributed by atoms with van der Waals surface area (Å²) in [5, 5.41) is 15.1. The van der Waals surface area contributed by atoms with E-state index in [0.717, 1.165) is 27.7 Å². The molecule has 0 saturated heterocycles. The molecule has 92 valence electrons. The molecule has 0 aliphatic carbocycles. The lowest BCUT2D eigenvalue weighted by atomic mass is 10.1. The Balaban J connectivity index is 2.03. The van der Waals surface area contributed by atoms with Gasteiger partial charge in [0.05, 0.1) is 34.8 Å². The second-order valence-corrected chi connectivity index (χ2v) is 4.52. The van der Waals surface area contributed by atoms with Crippen molar-refractivity contribution in [2.45, 2.75) is 0 Å². The van der Waals surface area contributed by atoms with E-state index in [4.69, 9.17) is 11.6 Å². The Morgan fingerprint density at radius 3 is 2.84 bits per heavy atom. The summed E-state index contributed by atoms with van der Waals surface area (Å²) in [5.41, 5.74) is 3.89. The highest BCUT2D eigenvalue weighted by atomic mass is 35.5. The Kier molecular flexibility index (Phi) is 2.07. The Labute approximate surface area is 111 Å². The lowest BCUT2D eigenvalue weighted by Crippen LogP contribution is -1.88. The highest BCUT2D eigenvalue weighted by molar-refractivity contribution is 6.35. The predicted octanol–water partition coefficient (Wildman–Crippen LogP) is 2.55. The van der Waals surface area contributed by atoms with E-state index in [1.54, 1.807) is 18.6 Å². The molecule has 0 unspecified atom stereocenters. The number of aromatic amines is 2. The molecule has 0 radical (unpaired) electrons. The molecule has 0 aliphatic heterocycles. The van der Waals surface area contributed by atoms with Gasteiger partial charge in [-0.3, -0.25) is 10.2 Å². The topological polar surface area (TPSA) is 83.1 Å². The van der Waals surface area contributed by atoms with Crippen molar-refractivity contribution in [2.75, 3.05) is 0 Å². The van der Waals surface area contributed by atoms with Gasteiger partial charge in [-0.2, -0.15) is 10.2 Å². The van der Waals surface area contributed by atoms with E-state index in [2.05, 4.69) is 30.4 Å². The monoisotopic (exact) mass is 270 g/mol. The fourth-order valence-electron chi connectivity index (χ4n) is 2.09. The van der Waals surface area contributed by atoms with Gasteiger partial charge in [0.25, 0.3) is 0 Å². The molecule has 4 aromatic rings. The van der Waals surface area contributed by atoms with Crippen LogP contribution in [0.4, 0.5) is 0 Å². The van der Waals surface area contributed by atoms with Gasteiger partial charge in [0, 0.05) is 10.9 Å². The van der Waals surface area contributed by atoms with Gasteiger partial charge in [-0.25, -0.2) is 9.97 Å².